The summed E-state index contributed by atoms with van der Waals surface area (Å²) in [6.45, 7) is 9.42. The predicted molar refractivity (Wildman–Crippen MR) is 69.2 cm³/mol. The molecule has 1 N–H and O–H groups in total. The largest absolute Gasteiger partial charge is 0.396 e. The fraction of sp³-hybridized carbons (Fsp3) is 0.538. The predicted octanol–water partition coefficient (Wildman–Crippen LogP) is 3.41. The third kappa shape index (κ3) is 4.18. The van der Waals surface area contributed by atoms with Crippen LogP contribution in [0.2, 0.25) is 25.7 Å². The number of aryl methyl sites for hydroxylation is 1. The summed E-state index contributed by atoms with van der Waals surface area (Å²) >= 11 is 0. The molecule has 0 aromatic heterocycles. The molecule has 0 aliphatic carbocycles. The van der Waals surface area contributed by atoms with Crippen LogP contribution >= 0.6 is 0 Å². The monoisotopic (exact) mass is 222 g/mol. The van der Waals surface area contributed by atoms with Crippen molar-refractivity contribution in [3.05, 3.63) is 35.4 Å². The molecule has 0 aliphatic rings. The maximum Gasteiger partial charge on any atom is 0.0497 e. The van der Waals surface area contributed by atoms with Crippen molar-refractivity contribution in [2.45, 2.75) is 38.5 Å². The van der Waals surface area contributed by atoms with Crippen molar-refractivity contribution in [3.8, 4) is 0 Å². The summed E-state index contributed by atoms with van der Waals surface area (Å²) in [5.41, 5.74) is 2.56. The van der Waals surface area contributed by atoms with Gasteiger partial charge in [0.2, 0.25) is 0 Å². The van der Waals surface area contributed by atoms with E-state index in [4.69, 9.17) is 0 Å². The fourth-order valence-electron chi connectivity index (χ4n) is 1.87. The number of benzene rings is 1. The molecule has 0 bridgehead atoms. The van der Waals surface area contributed by atoms with E-state index in [0.717, 1.165) is 6.04 Å². The Kier molecular flexibility index (Phi) is 4.11. The van der Waals surface area contributed by atoms with E-state index in [1.807, 2.05) is 0 Å². The van der Waals surface area contributed by atoms with Gasteiger partial charge in [-0.1, -0.05) is 49.5 Å². The van der Waals surface area contributed by atoms with E-state index >= 15 is 0 Å². The van der Waals surface area contributed by atoms with Crippen molar-refractivity contribution >= 4 is 8.07 Å². The summed E-state index contributed by atoms with van der Waals surface area (Å²) in [6, 6.07) is 9.71. The van der Waals surface area contributed by atoms with Crippen LogP contribution < -0.4 is 0 Å². The molecule has 0 spiro atoms. The van der Waals surface area contributed by atoms with Crippen LogP contribution in [-0.2, 0) is 0 Å². The lowest BCUT2D eigenvalue weighted by atomic mass is 10.0. The van der Waals surface area contributed by atoms with Gasteiger partial charge in [0.1, 0.15) is 0 Å². The summed E-state index contributed by atoms with van der Waals surface area (Å²) in [5.74, 6) is 0.331. The Morgan fingerprint density at radius 3 is 2.07 bits per heavy atom. The smallest absolute Gasteiger partial charge is 0.0497 e. The lowest BCUT2D eigenvalue weighted by Crippen LogP contribution is -2.24. The molecule has 15 heavy (non-hydrogen) atoms. The topological polar surface area (TPSA) is 20.2 Å². The summed E-state index contributed by atoms with van der Waals surface area (Å²) in [4.78, 5) is 0. The Morgan fingerprint density at radius 2 is 1.67 bits per heavy atom. The summed E-state index contributed by atoms with van der Waals surface area (Å²) < 4.78 is 0. The Morgan fingerprint density at radius 1 is 1.13 bits per heavy atom. The van der Waals surface area contributed by atoms with E-state index < -0.39 is 8.07 Å². The molecule has 0 fully saturated rings. The highest BCUT2D eigenvalue weighted by Gasteiger charge is 2.20. The van der Waals surface area contributed by atoms with E-state index in [0.29, 0.717) is 5.92 Å². The fourth-order valence-corrected chi connectivity index (χ4v) is 3.71. The molecule has 0 saturated carbocycles. The van der Waals surface area contributed by atoms with E-state index in [-0.39, 0.29) is 6.61 Å². The number of hydrogen-bond donors (Lipinski definition) is 1. The first kappa shape index (κ1) is 12.5. The molecule has 1 rings (SSSR count). The van der Waals surface area contributed by atoms with Gasteiger partial charge >= 0.3 is 0 Å². The Hall–Kier alpha value is -0.603. The first-order valence-corrected chi connectivity index (χ1v) is 9.30. The Labute approximate surface area is 94.2 Å². The number of hydrogen-bond acceptors (Lipinski definition) is 1. The summed E-state index contributed by atoms with van der Waals surface area (Å²) in [7, 11) is -1.10. The van der Waals surface area contributed by atoms with Gasteiger partial charge in [-0.25, -0.2) is 0 Å². The van der Waals surface area contributed by atoms with Crippen molar-refractivity contribution in [2.24, 2.45) is 0 Å². The molecular weight excluding hydrogens is 200 g/mol. The Balaban J connectivity index is 2.79. The van der Waals surface area contributed by atoms with Crippen molar-refractivity contribution in [1.29, 1.82) is 0 Å². The van der Waals surface area contributed by atoms with E-state index in [1.165, 1.54) is 11.1 Å². The van der Waals surface area contributed by atoms with Crippen LogP contribution in [0.4, 0.5) is 0 Å². The highest BCUT2D eigenvalue weighted by Crippen LogP contribution is 2.26. The van der Waals surface area contributed by atoms with Crippen LogP contribution in [0.25, 0.3) is 0 Å². The maximum absolute atomic E-state index is 9.43. The molecule has 2 heteroatoms. The van der Waals surface area contributed by atoms with Crippen LogP contribution in [0.5, 0.6) is 0 Å². The van der Waals surface area contributed by atoms with Gasteiger partial charge in [0.25, 0.3) is 0 Å². The maximum atomic E-state index is 9.43. The van der Waals surface area contributed by atoms with Gasteiger partial charge in [-0.05, 0) is 18.5 Å². The third-order valence-corrected chi connectivity index (χ3v) is 4.35. The Bertz CT molecular complexity index is 297. The second-order valence-electron chi connectivity index (χ2n) is 5.55. The normalized spacial score (nSPS) is 13.9. The number of rotatable bonds is 4. The molecular formula is C13H22OSi. The first-order valence-electron chi connectivity index (χ1n) is 5.60. The molecule has 1 atom stereocenters. The molecule has 0 amide bonds. The molecule has 84 valence electrons. The van der Waals surface area contributed by atoms with Crippen LogP contribution in [0.3, 0.4) is 0 Å². The number of aliphatic hydroxyl groups excluding tert-OH is 1. The zero-order valence-corrected chi connectivity index (χ0v) is 11.2. The highest BCUT2D eigenvalue weighted by molar-refractivity contribution is 6.76. The van der Waals surface area contributed by atoms with Gasteiger partial charge in [-0.3, -0.25) is 0 Å². The number of aliphatic hydroxyl groups is 1. The third-order valence-electron chi connectivity index (χ3n) is 2.63. The van der Waals surface area contributed by atoms with Crippen molar-refractivity contribution < 1.29 is 5.11 Å². The van der Waals surface area contributed by atoms with Gasteiger partial charge in [0.15, 0.2) is 0 Å². The van der Waals surface area contributed by atoms with E-state index in [1.54, 1.807) is 0 Å². The van der Waals surface area contributed by atoms with Crippen molar-refractivity contribution in [3.63, 3.8) is 0 Å². The lowest BCUT2D eigenvalue weighted by molar-refractivity contribution is 0.272. The van der Waals surface area contributed by atoms with Crippen molar-refractivity contribution in [2.75, 3.05) is 6.61 Å². The van der Waals surface area contributed by atoms with Crippen LogP contribution in [0.1, 0.15) is 17.0 Å². The van der Waals surface area contributed by atoms with E-state index in [9.17, 15) is 5.11 Å². The molecule has 0 aliphatic heterocycles. The minimum atomic E-state index is -1.10. The average Bonchev–Trinajstić information content (AvgIpc) is 2.14. The molecule has 1 unspecified atom stereocenters. The van der Waals surface area contributed by atoms with Crippen LogP contribution in [-0.4, -0.2) is 19.8 Å². The van der Waals surface area contributed by atoms with Crippen LogP contribution in [0, 0.1) is 6.92 Å². The van der Waals surface area contributed by atoms with Crippen LogP contribution in [0.15, 0.2) is 24.3 Å². The van der Waals surface area contributed by atoms with Gasteiger partial charge in [-0.15, -0.1) is 0 Å². The molecule has 1 aromatic carbocycles. The minimum absolute atomic E-state index is 0.271. The van der Waals surface area contributed by atoms with Crippen molar-refractivity contribution in [1.82, 2.24) is 0 Å². The quantitative estimate of drug-likeness (QED) is 0.774. The average molecular weight is 222 g/mol. The highest BCUT2D eigenvalue weighted by atomic mass is 28.3. The summed E-state index contributed by atoms with van der Waals surface area (Å²) in [6.07, 6.45) is 0. The minimum Gasteiger partial charge on any atom is -0.396 e. The molecule has 1 aromatic rings. The van der Waals surface area contributed by atoms with Gasteiger partial charge in [0, 0.05) is 20.6 Å². The van der Waals surface area contributed by atoms with Gasteiger partial charge in [0.05, 0.1) is 0 Å². The van der Waals surface area contributed by atoms with E-state index in [2.05, 4.69) is 50.8 Å². The first-order chi connectivity index (χ1) is 6.92. The lowest BCUT2D eigenvalue weighted by Gasteiger charge is -2.23. The molecule has 0 heterocycles. The SMILES string of the molecule is Cc1ccc(C(CO)C[Si](C)(C)C)cc1. The van der Waals surface area contributed by atoms with Gasteiger partial charge < -0.3 is 5.11 Å². The standard InChI is InChI=1S/C13H22OSi/c1-11-5-7-12(8-6-11)13(9-14)10-15(2,3)4/h5-8,13-14H,9-10H2,1-4H3. The zero-order valence-electron chi connectivity index (χ0n) is 10.2. The second kappa shape index (κ2) is 4.95. The molecule has 0 radical (unpaired) electrons. The molecule has 0 saturated heterocycles. The van der Waals surface area contributed by atoms with Gasteiger partial charge in [-0.2, -0.15) is 0 Å². The molecule has 1 nitrogen and oxygen atoms in total. The second-order valence-corrected chi connectivity index (χ2v) is 11.1. The summed E-state index contributed by atoms with van der Waals surface area (Å²) in [5, 5.41) is 9.43. The zero-order chi connectivity index (χ0) is 11.5.